The standard InChI is InChI=1S/C22H17BO2/c24-23(25)21-15-7-11-17-10-6-14-20(22(17)21)19-13-5-4-12-18(19)16-8-2-1-3-9-16/h1-15,24-25H. The molecule has 2 nitrogen and oxygen atoms in total. The zero-order valence-corrected chi connectivity index (χ0v) is 13.6. The summed E-state index contributed by atoms with van der Waals surface area (Å²) in [4.78, 5) is 0. The van der Waals surface area contributed by atoms with E-state index in [9.17, 15) is 10.0 Å². The Hall–Kier alpha value is -2.88. The minimum absolute atomic E-state index is 0.524. The van der Waals surface area contributed by atoms with Gasteiger partial charge in [-0.2, -0.15) is 0 Å². The first-order valence-electron chi connectivity index (χ1n) is 8.28. The molecule has 0 spiro atoms. The van der Waals surface area contributed by atoms with Crippen LogP contribution >= 0.6 is 0 Å². The van der Waals surface area contributed by atoms with Gasteiger partial charge in [0, 0.05) is 0 Å². The third kappa shape index (κ3) is 2.84. The van der Waals surface area contributed by atoms with Crippen molar-refractivity contribution < 1.29 is 10.0 Å². The van der Waals surface area contributed by atoms with Crippen molar-refractivity contribution in [2.24, 2.45) is 0 Å². The number of benzene rings is 4. The van der Waals surface area contributed by atoms with Gasteiger partial charge in [0.05, 0.1) is 0 Å². The van der Waals surface area contributed by atoms with Crippen LogP contribution in [0.5, 0.6) is 0 Å². The molecule has 0 heterocycles. The van der Waals surface area contributed by atoms with Gasteiger partial charge < -0.3 is 10.0 Å². The van der Waals surface area contributed by atoms with Crippen LogP contribution in [0.25, 0.3) is 33.0 Å². The third-order valence-electron chi connectivity index (χ3n) is 4.52. The van der Waals surface area contributed by atoms with Gasteiger partial charge >= 0.3 is 7.12 Å². The van der Waals surface area contributed by atoms with Crippen LogP contribution in [0.3, 0.4) is 0 Å². The van der Waals surface area contributed by atoms with Crippen molar-refractivity contribution in [3.8, 4) is 22.3 Å². The fraction of sp³-hybridized carbons (Fsp3) is 0. The van der Waals surface area contributed by atoms with Crippen LogP contribution in [0.4, 0.5) is 0 Å². The molecular formula is C22H17BO2. The lowest BCUT2D eigenvalue weighted by Crippen LogP contribution is -2.30. The molecule has 0 bridgehead atoms. The lowest BCUT2D eigenvalue weighted by Gasteiger charge is -2.15. The molecule has 0 saturated carbocycles. The maximum Gasteiger partial charge on any atom is 0.489 e. The van der Waals surface area contributed by atoms with E-state index in [0.717, 1.165) is 33.0 Å². The molecule has 0 aliphatic carbocycles. The molecular weight excluding hydrogens is 307 g/mol. The first-order chi connectivity index (χ1) is 12.3. The quantitative estimate of drug-likeness (QED) is 0.562. The Balaban J connectivity index is 2.04. The molecule has 4 aromatic rings. The Bertz CT molecular complexity index is 1020. The highest BCUT2D eigenvalue weighted by molar-refractivity contribution is 6.62. The van der Waals surface area contributed by atoms with Crippen LogP contribution in [-0.2, 0) is 0 Å². The zero-order valence-electron chi connectivity index (χ0n) is 13.6. The molecule has 0 saturated heterocycles. The predicted molar refractivity (Wildman–Crippen MR) is 105 cm³/mol. The second-order valence-corrected chi connectivity index (χ2v) is 6.04. The lowest BCUT2D eigenvalue weighted by atomic mass is 9.75. The fourth-order valence-corrected chi connectivity index (χ4v) is 3.40. The molecule has 3 heteroatoms. The Morgan fingerprint density at radius 1 is 0.520 bits per heavy atom. The van der Waals surface area contributed by atoms with E-state index >= 15 is 0 Å². The van der Waals surface area contributed by atoms with Crippen molar-refractivity contribution in [1.82, 2.24) is 0 Å². The van der Waals surface area contributed by atoms with E-state index in [1.165, 1.54) is 0 Å². The highest BCUT2D eigenvalue weighted by Crippen LogP contribution is 2.35. The number of hydrogen-bond donors (Lipinski definition) is 2. The molecule has 0 unspecified atom stereocenters. The third-order valence-corrected chi connectivity index (χ3v) is 4.52. The van der Waals surface area contributed by atoms with E-state index in [1.807, 2.05) is 60.7 Å². The first-order valence-corrected chi connectivity index (χ1v) is 8.28. The molecule has 0 aliphatic rings. The molecule has 4 rings (SSSR count). The summed E-state index contributed by atoms with van der Waals surface area (Å²) in [6.45, 7) is 0. The number of fused-ring (bicyclic) bond motifs is 1. The summed E-state index contributed by atoms with van der Waals surface area (Å²) < 4.78 is 0. The normalized spacial score (nSPS) is 10.8. The van der Waals surface area contributed by atoms with Gasteiger partial charge in [0.1, 0.15) is 0 Å². The van der Waals surface area contributed by atoms with Crippen molar-refractivity contribution in [2.75, 3.05) is 0 Å². The van der Waals surface area contributed by atoms with E-state index in [0.29, 0.717) is 5.46 Å². The molecule has 120 valence electrons. The molecule has 25 heavy (non-hydrogen) atoms. The van der Waals surface area contributed by atoms with Gasteiger partial charge in [0.25, 0.3) is 0 Å². The summed E-state index contributed by atoms with van der Waals surface area (Å²) >= 11 is 0. The van der Waals surface area contributed by atoms with E-state index < -0.39 is 7.12 Å². The summed E-state index contributed by atoms with van der Waals surface area (Å²) in [5.74, 6) is 0. The van der Waals surface area contributed by atoms with Crippen molar-refractivity contribution in [3.63, 3.8) is 0 Å². The molecule has 0 amide bonds. The van der Waals surface area contributed by atoms with Crippen LogP contribution in [-0.4, -0.2) is 17.2 Å². The van der Waals surface area contributed by atoms with Crippen molar-refractivity contribution in [3.05, 3.63) is 91.0 Å². The van der Waals surface area contributed by atoms with Crippen LogP contribution in [0, 0.1) is 0 Å². The van der Waals surface area contributed by atoms with E-state index in [1.54, 1.807) is 6.07 Å². The lowest BCUT2D eigenvalue weighted by molar-refractivity contribution is 0.426. The van der Waals surface area contributed by atoms with Gasteiger partial charge in [-0.15, -0.1) is 0 Å². The molecule has 2 N–H and O–H groups in total. The van der Waals surface area contributed by atoms with Gasteiger partial charge in [-0.1, -0.05) is 91.0 Å². The minimum atomic E-state index is -1.51. The van der Waals surface area contributed by atoms with Gasteiger partial charge in [-0.05, 0) is 38.5 Å². The minimum Gasteiger partial charge on any atom is -0.423 e. The van der Waals surface area contributed by atoms with E-state index in [-0.39, 0.29) is 0 Å². The van der Waals surface area contributed by atoms with Crippen molar-refractivity contribution in [2.45, 2.75) is 0 Å². The summed E-state index contributed by atoms with van der Waals surface area (Å²) in [5.41, 5.74) is 4.86. The van der Waals surface area contributed by atoms with Crippen LogP contribution in [0.1, 0.15) is 0 Å². The zero-order chi connectivity index (χ0) is 17.2. The number of hydrogen-bond acceptors (Lipinski definition) is 2. The van der Waals surface area contributed by atoms with Crippen molar-refractivity contribution in [1.29, 1.82) is 0 Å². The molecule has 0 fully saturated rings. The Kier molecular flexibility index (Phi) is 4.10. The van der Waals surface area contributed by atoms with Gasteiger partial charge in [0.15, 0.2) is 0 Å². The SMILES string of the molecule is OB(O)c1cccc2cccc(-c3ccccc3-c3ccccc3)c12. The van der Waals surface area contributed by atoms with Crippen LogP contribution in [0.2, 0.25) is 0 Å². The molecule has 0 atom stereocenters. The Morgan fingerprint density at radius 3 is 1.84 bits per heavy atom. The average Bonchev–Trinajstić information content (AvgIpc) is 2.67. The van der Waals surface area contributed by atoms with Gasteiger partial charge in [-0.3, -0.25) is 0 Å². The topological polar surface area (TPSA) is 40.5 Å². The largest absolute Gasteiger partial charge is 0.489 e. The summed E-state index contributed by atoms with van der Waals surface area (Å²) in [6.07, 6.45) is 0. The predicted octanol–water partition coefficient (Wildman–Crippen LogP) is 3.85. The van der Waals surface area contributed by atoms with Crippen LogP contribution < -0.4 is 5.46 Å². The van der Waals surface area contributed by atoms with Crippen molar-refractivity contribution >= 4 is 23.4 Å². The average molecular weight is 324 g/mol. The second-order valence-electron chi connectivity index (χ2n) is 6.04. The van der Waals surface area contributed by atoms with Gasteiger partial charge in [-0.25, -0.2) is 0 Å². The molecule has 4 aromatic carbocycles. The fourth-order valence-electron chi connectivity index (χ4n) is 3.40. The van der Waals surface area contributed by atoms with E-state index in [4.69, 9.17) is 0 Å². The smallest absolute Gasteiger partial charge is 0.423 e. The monoisotopic (exact) mass is 324 g/mol. The highest BCUT2D eigenvalue weighted by atomic mass is 16.4. The highest BCUT2D eigenvalue weighted by Gasteiger charge is 2.18. The maximum atomic E-state index is 9.83. The van der Waals surface area contributed by atoms with E-state index in [2.05, 4.69) is 24.3 Å². The maximum absolute atomic E-state index is 9.83. The second kappa shape index (κ2) is 6.56. The Morgan fingerprint density at radius 2 is 1.12 bits per heavy atom. The summed E-state index contributed by atoms with van der Waals surface area (Å²) in [6, 6.07) is 30.1. The first kappa shape index (κ1) is 15.6. The molecule has 0 radical (unpaired) electrons. The number of rotatable bonds is 3. The molecule has 0 aliphatic heterocycles. The van der Waals surface area contributed by atoms with Gasteiger partial charge in [0.2, 0.25) is 0 Å². The summed E-state index contributed by atoms with van der Waals surface area (Å²) in [7, 11) is -1.51. The van der Waals surface area contributed by atoms with Crippen LogP contribution in [0.15, 0.2) is 91.0 Å². The molecule has 0 aromatic heterocycles. The Labute approximate surface area is 147 Å². The summed E-state index contributed by atoms with van der Waals surface area (Å²) in [5, 5.41) is 21.5.